The van der Waals surface area contributed by atoms with Crippen LogP contribution < -0.4 is 5.32 Å². The fourth-order valence-electron chi connectivity index (χ4n) is 1.99. The summed E-state index contributed by atoms with van der Waals surface area (Å²) in [5.74, 6) is -1.22. The minimum absolute atomic E-state index is 0.0481. The van der Waals surface area contributed by atoms with Crippen molar-refractivity contribution >= 4 is 23.4 Å². The number of halogens is 1. The van der Waals surface area contributed by atoms with E-state index in [9.17, 15) is 9.59 Å². The zero-order chi connectivity index (χ0) is 15.9. The average molecular weight is 325 g/mol. The maximum Gasteiger partial charge on any atom is 0.343 e. The van der Waals surface area contributed by atoms with Gasteiger partial charge in [-0.2, -0.15) is 0 Å². The number of aromatic nitrogens is 1. The highest BCUT2D eigenvalue weighted by Crippen LogP contribution is 2.17. The second kappa shape index (κ2) is 7.91. The van der Waals surface area contributed by atoms with Gasteiger partial charge in [0.25, 0.3) is 0 Å². The summed E-state index contributed by atoms with van der Waals surface area (Å²) in [7, 11) is 0. The molecule has 6 nitrogen and oxygen atoms in total. The maximum absolute atomic E-state index is 12.5. The smallest absolute Gasteiger partial charge is 0.343 e. The van der Waals surface area contributed by atoms with Crippen molar-refractivity contribution in [3.63, 3.8) is 0 Å². The predicted octanol–water partition coefficient (Wildman–Crippen LogP) is 1.74. The molecular weight excluding hydrogens is 308 g/mol. The topological polar surface area (TPSA) is 77.5 Å². The molecule has 0 saturated carbocycles. The van der Waals surface area contributed by atoms with E-state index in [2.05, 4.69) is 10.3 Å². The Morgan fingerprint density at radius 3 is 3.05 bits per heavy atom. The van der Waals surface area contributed by atoms with Crippen LogP contribution in [0.15, 0.2) is 30.1 Å². The van der Waals surface area contributed by atoms with Gasteiger partial charge in [-0.25, -0.2) is 9.78 Å². The van der Waals surface area contributed by atoms with Gasteiger partial charge in [0.2, 0.25) is 5.78 Å². The van der Waals surface area contributed by atoms with E-state index in [-0.39, 0.29) is 28.9 Å². The number of rotatable bonds is 6. The van der Waals surface area contributed by atoms with Crippen LogP contribution in [0.5, 0.6) is 0 Å². The highest BCUT2D eigenvalue weighted by atomic mass is 35.5. The fraction of sp³-hybridized carbons (Fsp3) is 0.400. The number of ketones is 1. The lowest BCUT2D eigenvalue weighted by molar-refractivity contribution is -0.138. The number of pyridine rings is 1. The average Bonchev–Trinajstić information content (AvgIpc) is 3.01. The van der Waals surface area contributed by atoms with Crippen LogP contribution in [0.4, 0.5) is 0 Å². The van der Waals surface area contributed by atoms with Gasteiger partial charge in [0.1, 0.15) is 10.7 Å². The Labute approximate surface area is 133 Å². The summed E-state index contributed by atoms with van der Waals surface area (Å²) >= 11 is 5.92. The van der Waals surface area contributed by atoms with Crippen LogP contribution in [0.2, 0.25) is 5.15 Å². The highest BCUT2D eigenvalue weighted by molar-refractivity contribution is 6.35. The first-order valence-electron chi connectivity index (χ1n) is 6.99. The molecule has 0 bridgehead atoms. The molecular formula is C15H17ClN2O4. The number of nitrogens with one attached hydrogen (secondary N) is 1. The van der Waals surface area contributed by atoms with E-state index in [4.69, 9.17) is 21.1 Å². The normalized spacial score (nSPS) is 18.1. The van der Waals surface area contributed by atoms with Crippen molar-refractivity contribution in [2.45, 2.75) is 19.4 Å². The van der Waals surface area contributed by atoms with Crippen molar-refractivity contribution in [3.8, 4) is 0 Å². The van der Waals surface area contributed by atoms with Crippen LogP contribution in [-0.4, -0.2) is 42.6 Å². The molecule has 0 aliphatic carbocycles. The van der Waals surface area contributed by atoms with Gasteiger partial charge >= 0.3 is 5.97 Å². The van der Waals surface area contributed by atoms with Gasteiger partial charge in [-0.1, -0.05) is 11.6 Å². The van der Waals surface area contributed by atoms with Crippen LogP contribution in [0, 0.1) is 0 Å². The molecule has 1 aliphatic rings. The Morgan fingerprint density at radius 2 is 2.41 bits per heavy atom. The molecule has 1 saturated heterocycles. The Morgan fingerprint density at radius 1 is 1.59 bits per heavy atom. The Hall–Kier alpha value is -1.92. The van der Waals surface area contributed by atoms with Crippen molar-refractivity contribution in [3.05, 3.63) is 40.8 Å². The van der Waals surface area contributed by atoms with E-state index in [1.165, 1.54) is 18.5 Å². The van der Waals surface area contributed by atoms with Gasteiger partial charge in [-0.3, -0.25) is 4.79 Å². The number of carbonyl (C=O) groups is 2. The number of hydrogen-bond donors (Lipinski definition) is 1. The molecule has 7 heteroatoms. The quantitative estimate of drug-likeness (QED) is 0.214. The minimum atomic E-state index is -0.696. The third-order valence-electron chi connectivity index (χ3n) is 3.14. The number of nitrogens with zero attached hydrogens (tertiary/aromatic N) is 1. The monoisotopic (exact) mass is 324 g/mol. The molecule has 1 aliphatic heterocycles. The summed E-state index contributed by atoms with van der Waals surface area (Å²) in [4.78, 5) is 28.4. The van der Waals surface area contributed by atoms with Crippen molar-refractivity contribution in [1.29, 1.82) is 0 Å². The summed E-state index contributed by atoms with van der Waals surface area (Å²) in [6.07, 6.45) is 3.67. The second-order valence-electron chi connectivity index (χ2n) is 4.68. The maximum atomic E-state index is 12.5. The molecule has 1 atom stereocenters. The van der Waals surface area contributed by atoms with Crippen molar-refractivity contribution in [1.82, 2.24) is 10.3 Å². The first-order valence-corrected chi connectivity index (χ1v) is 7.37. The van der Waals surface area contributed by atoms with Crippen LogP contribution >= 0.6 is 11.6 Å². The molecule has 1 fully saturated rings. The zero-order valence-electron chi connectivity index (χ0n) is 12.2. The van der Waals surface area contributed by atoms with Gasteiger partial charge in [-0.05, 0) is 25.5 Å². The fourth-order valence-corrected chi connectivity index (χ4v) is 2.20. The molecule has 118 valence electrons. The van der Waals surface area contributed by atoms with Crippen LogP contribution in [0.3, 0.4) is 0 Å². The largest absolute Gasteiger partial charge is 0.462 e. The first-order chi connectivity index (χ1) is 10.6. The molecule has 1 aromatic heterocycles. The summed E-state index contributed by atoms with van der Waals surface area (Å²) in [6, 6.07) is 3.17. The summed E-state index contributed by atoms with van der Waals surface area (Å²) in [5, 5.41) is 3.07. The van der Waals surface area contributed by atoms with Gasteiger partial charge in [0.15, 0.2) is 0 Å². The molecule has 0 amide bonds. The van der Waals surface area contributed by atoms with Crippen molar-refractivity contribution in [2.75, 3.05) is 19.8 Å². The van der Waals surface area contributed by atoms with E-state index in [1.54, 1.807) is 13.0 Å². The minimum Gasteiger partial charge on any atom is -0.462 e. The molecule has 2 rings (SSSR count). The summed E-state index contributed by atoms with van der Waals surface area (Å²) in [5.41, 5.74) is 0.0524. The summed E-state index contributed by atoms with van der Waals surface area (Å²) in [6.45, 7) is 3.04. The van der Waals surface area contributed by atoms with Crippen LogP contribution in [0.25, 0.3) is 0 Å². The molecule has 2 heterocycles. The number of ether oxygens (including phenoxy) is 2. The molecule has 0 unspecified atom stereocenters. The molecule has 1 N–H and O–H groups in total. The zero-order valence-corrected chi connectivity index (χ0v) is 12.9. The molecule has 0 radical (unpaired) electrons. The Balaban J connectivity index is 2.23. The number of esters is 1. The Bertz CT molecular complexity index is 583. The van der Waals surface area contributed by atoms with Gasteiger partial charge < -0.3 is 14.8 Å². The lowest BCUT2D eigenvalue weighted by atomic mass is 10.1. The predicted molar refractivity (Wildman–Crippen MR) is 80.7 cm³/mol. The van der Waals surface area contributed by atoms with Gasteiger partial charge in [0.05, 0.1) is 24.8 Å². The van der Waals surface area contributed by atoms with E-state index < -0.39 is 11.8 Å². The van der Waals surface area contributed by atoms with E-state index in [1.807, 2.05) is 0 Å². The first kappa shape index (κ1) is 16.5. The molecule has 1 aromatic rings. The molecule has 22 heavy (non-hydrogen) atoms. The van der Waals surface area contributed by atoms with Crippen LogP contribution in [0.1, 0.15) is 23.7 Å². The van der Waals surface area contributed by atoms with E-state index in [0.29, 0.717) is 13.2 Å². The number of Topliss-reactive ketones (excluding diaryl/α,β-unsaturated/α-hetero) is 1. The van der Waals surface area contributed by atoms with Crippen molar-refractivity contribution in [2.24, 2.45) is 0 Å². The van der Waals surface area contributed by atoms with Crippen molar-refractivity contribution < 1.29 is 19.1 Å². The third-order valence-corrected chi connectivity index (χ3v) is 3.44. The summed E-state index contributed by atoms with van der Waals surface area (Å²) < 4.78 is 10.2. The van der Waals surface area contributed by atoms with E-state index in [0.717, 1.165) is 6.42 Å². The molecule has 0 aromatic carbocycles. The second-order valence-corrected chi connectivity index (χ2v) is 5.03. The van der Waals surface area contributed by atoms with E-state index >= 15 is 0 Å². The van der Waals surface area contributed by atoms with Crippen LogP contribution in [-0.2, 0) is 14.3 Å². The molecule has 0 spiro atoms. The number of carbonyl (C=O) groups excluding carboxylic acids is 2. The third kappa shape index (κ3) is 4.05. The lowest BCUT2D eigenvalue weighted by Gasteiger charge is -2.11. The lowest BCUT2D eigenvalue weighted by Crippen LogP contribution is -2.27. The Kier molecular flexibility index (Phi) is 5.91. The number of hydrogen-bond acceptors (Lipinski definition) is 6. The van der Waals surface area contributed by atoms with Gasteiger partial charge in [-0.15, -0.1) is 0 Å². The van der Waals surface area contributed by atoms with Gasteiger partial charge in [0, 0.05) is 19.0 Å². The SMILES string of the molecule is CCOC(=O)/C(=C/N[C@H]1CCOC1)C(=O)c1cccnc1Cl. The standard InChI is InChI=1S/C15H17ClN2O4/c1-2-22-15(20)12(8-18-10-5-7-21-9-10)13(19)11-4-3-6-17-14(11)16/h3-4,6,8,10,18H,2,5,7,9H2,1H3/b12-8+/t10-/m0/s1. The highest BCUT2D eigenvalue weighted by Gasteiger charge is 2.24.